The molecule has 0 saturated heterocycles. The van der Waals surface area contributed by atoms with Crippen LogP contribution in [0.25, 0.3) is 5.82 Å². The molecule has 2 heterocycles. The number of ether oxygens (including phenoxy) is 1. The number of carbonyl (C=O) groups is 1. The zero-order valence-electron chi connectivity index (χ0n) is 15.5. The fourth-order valence-electron chi connectivity index (χ4n) is 2.52. The minimum Gasteiger partial charge on any atom is -0.494 e. The monoisotopic (exact) mass is 383 g/mol. The van der Waals surface area contributed by atoms with E-state index in [2.05, 4.69) is 20.4 Å². The van der Waals surface area contributed by atoms with Gasteiger partial charge in [0.1, 0.15) is 17.1 Å². The van der Waals surface area contributed by atoms with E-state index in [0.29, 0.717) is 12.4 Å². The molecule has 0 atom stereocenters. The van der Waals surface area contributed by atoms with E-state index < -0.39 is 0 Å². The number of nitrogens with one attached hydrogen (secondary N) is 1. The Bertz CT molecular complexity index is 924. The number of anilines is 1. The Morgan fingerprint density at radius 1 is 1.19 bits per heavy atom. The summed E-state index contributed by atoms with van der Waals surface area (Å²) in [6.45, 7) is 6.45. The standard InChI is InChI=1S/C19H21N5O2S/c1-4-26-16-7-5-15(6-8-16)22-18(25)11-27-19-10-17(20-12-21-19)24-14(3)9-13(2)23-24/h5-10,12H,4,11H2,1-3H3,(H,22,25). The van der Waals surface area contributed by atoms with Crippen molar-refractivity contribution in [2.24, 2.45) is 0 Å². The van der Waals surface area contributed by atoms with E-state index in [1.807, 2.05) is 57.2 Å². The Kier molecular flexibility index (Phi) is 6.08. The number of thioether (sulfide) groups is 1. The molecule has 1 aromatic carbocycles. The van der Waals surface area contributed by atoms with Crippen LogP contribution in [0.15, 0.2) is 47.8 Å². The molecule has 0 fully saturated rings. The number of amides is 1. The van der Waals surface area contributed by atoms with Crippen molar-refractivity contribution in [3.8, 4) is 11.6 Å². The van der Waals surface area contributed by atoms with Gasteiger partial charge in [0.05, 0.1) is 18.1 Å². The van der Waals surface area contributed by atoms with Gasteiger partial charge in [0, 0.05) is 17.4 Å². The highest BCUT2D eigenvalue weighted by molar-refractivity contribution is 7.99. The van der Waals surface area contributed by atoms with Gasteiger partial charge < -0.3 is 10.1 Å². The molecule has 140 valence electrons. The van der Waals surface area contributed by atoms with Crippen molar-refractivity contribution in [1.29, 1.82) is 0 Å². The van der Waals surface area contributed by atoms with Gasteiger partial charge in [-0.05, 0) is 51.1 Å². The molecular weight excluding hydrogens is 362 g/mol. The smallest absolute Gasteiger partial charge is 0.234 e. The fraction of sp³-hybridized carbons (Fsp3) is 0.263. The number of carbonyl (C=O) groups excluding carboxylic acids is 1. The van der Waals surface area contributed by atoms with E-state index in [1.165, 1.54) is 18.1 Å². The quantitative estimate of drug-likeness (QED) is 0.497. The fourth-order valence-corrected chi connectivity index (χ4v) is 3.18. The molecule has 0 aliphatic rings. The Labute approximate surface area is 162 Å². The summed E-state index contributed by atoms with van der Waals surface area (Å²) < 4.78 is 7.16. The lowest BCUT2D eigenvalue weighted by molar-refractivity contribution is -0.113. The number of hydrogen-bond donors (Lipinski definition) is 1. The van der Waals surface area contributed by atoms with Crippen LogP contribution in [0.3, 0.4) is 0 Å². The Hall–Kier alpha value is -2.87. The second kappa shape index (κ2) is 8.68. The van der Waals surface area contributed by atoms with Gasteiger partial charge in [0.2, 0.25) is 5.91 Å². The van der Waals surface area contributed by atoms with Crippen molar-refractivity contribution < 1.29 is 9.53 Å². The number of aryl methyl sites for hydroxylation is 2. The molecule has 3 aromatic rings. The Morgan fingerprint density at radius 3 is 2.63 bits per heavy atom. The van der Waals surface area contributed by atoms with E-state index >= 15 is 0 Å². The summed E-state index contributed by atoms with van der Waals surface area (Å²) in [7, 11) is 0. The number of nitrogens with zero attached hydrogens (tertiary/aromatic N) is 4. The number of benzene rings is 1. The van der Waals surface area contributed by atoms with Crippen molar-refractivity contribution >= 4 is 23.4 Å². The van der Waals surface area contributed by atoms with Crippen LogP contribution in [0.2, 0.25) is 0 Å². The zero-order chi connectivity index (χ0) is 19.2. The molecule has 7 nitrogen and oxygen atoms in total. The molecule has 0 spiro atoms. The summed E-state index contributed by atoms with van der Waals surface area (Å²) in [5.41, 5.74) is 2.65. The Balaban J connectivity index is 1.59. The average Bonchev–Trinajstić information content (AvgIpc) is 3.00. The van der Waals surface area contributed by atoms with Crippen LogP contribution in [0, 0.1) is 13.8 Å². The van der Waals surface area contributed by atoms with Crippen molar-refractivity contribution in [3.05, 3.63) is 54.1 Å². The highest BCUT2D eigenvalue weighted by Crippen LogP contribution is 2.19. The SMILES string of the molecule is CCOc1ccc(NC(=O)CSc2cc(-n3nc(C)cc3C)ncn2)cc1. The molecular formula is C19H21N5O2S. The lowest BCUT2D eigenvalue weighted by atomic mass is 10.3. The largest absolute Gasteiger partial charge is 0.494 e. The van der Waals surface area contributed by atoms with Crippen molar-refractivity contribution in [2.75, 3.05) is 17.7 Å². The molecule has 0 saturated carbocycles. The van der Waals surface area contributed by atoms with Crippen LogP contribution in [-0.2, 0) is 4.79 Å². The van der Waals surface area contributed by atoms with Gasteiger partial charge in [0.25, 0.3) is 0 Å². The third-order valence-electron chi connectivity index (χ3n) is 3.65. The average molecular weight is 383 g/mol. The number of hydrogen-bond acceptors (Lipinski definition) is 6. The van der Waals surface area contributed by atoms with Crippen LogP contribution < -0.4 is 10.1 Å². The van der Waals surface area contributed by atoms with Crippen LogP contribution in [-0.4, -0.2) is 38.0 Å². The minimum atomic E-state index is -0.101. The summed E-state index contributed by atoms with van der Waals surface area (Å²) in [6.07, 6.45) is 1.48. The lowest BCUT2D eigenvalue weighted by Crippen LogP contribution is -2.14. The van der Waals surface area contributed by atoms with Gasteiger partial charge in [-0.3, -0.25) is 4.79 Å². The first-order chi connectivity index (χ1) is 13.0. The third-order valence-corrected chi connectivity index (χ3v) is 4.58. The first-order valence-corrected chi connectivity index (χ1v) is 9.55. The molecule has 2 aromatic heterocycles. The van der Waals surface area contributed by atoms with E-state index in [0.717, 1.165) is 27.9 Å². The molecule has 3 rings (SSSR count). The highest BCUT2D eigenvalue weighted by Gasteiger charge is 2.09. The molecule has 27 heavy (non-hydrogen) atoms. The summed E-state index contributed by atoms with van der Waals surface area (Å²) >= 11 is 1.35. The van der Waals surface area contributed by atoms with Gasteiger partial charge in [-0.15, -0.1) is 0 Å². The predicted molar refractivity (Wildman–Crippen MR) is 106 cm³/mol. The van der Waals surface area contributed by atoms with E-state index in [-0.39, 0.29) is 11.7 Å². The highest BCUT2D eigenvalue weighted by atomic mass is 32.2. The molecule has 0 aliphatic heterocycles. The van der Waals surface area contributed by atoms with E-state index in [4.69, 9.17) is 4.74 Å². The molecule has 1 amide bonds. The zero-order valence-corrected chi connectivity index (χ0v) is 16.3. The van der Waals surface area contributed by atoms with Gasteiger partial charge in [0.15, 0.2) is 5.82 Å². The summed E-state index contributed by atoms with van der Waals surface area (Å²) in [5.74, 6) is 1.61. The van der Waals surface area contributed by atoms with Gasteiger partial charge in [-0.2, -0.15) is 5.10 Å². The maximum Gasteiger partial charge on any atom is 0.234 e. The minimum absolute atomic E-state index is 0.101. The topological polar surface area (TPSA) is 81.9 Å². The maximum absolute atomic E-state index is 12.2. The second-order valence-corrected chi connectivity index (χ2v) is 6.84. The summed E-state index contributed by atoms with van der Waals surface area (Å²) in [5, 5.41) is 8.00. The van der Waals surface area contributed by atoms with Gasteiger partial charge in [-0.25, -0.2) is 14.6 Å². The van der Waals surface area contributed by atoms with Crippen LogP contribution in [0.5, 0.6) is 5.75 Å². The molecule has 0 aliphatic carbocycles. The molecule has 8 heteroatoms. The maximum atomic E-state index is 12.2. The molecule has 0 bridgehead atoms. The van der Waals surface area contributed by atoms with Crippen LogP contribution >= 0.6 is 11.8 Å². The molecule has 1 N–H and O–H groups in total. The van der Waals surface area contributed by atoms with E-state index in [9.17, 15) is 4.79 Å². The normalized spacial score (nSPS) is 10.6. The van der Waals surface area contributed by atoms with Crippen LogP contribution in [0.4, 0.5) is 5.69 Å². The van der Waals surface area contributed by atoms with E-state index in [1.54, 1.807) is 4.68 Å². The van der Waals surface area contributed by atoms with Crippen LogP contribution in [0.1, 0.15) is 18.3 Å². The van der Waals surface area contributed by atoms with Gasteiger partial charge in [-0.1, -0.05) is 11.8 Å². The molecule has 0 radical (unpaired) electrons. The lowest BCUT2D eigenvalue weighted by Gasteiger charge is -2.07. The Morgan fingerprint density at radius 2 is 1.96 bits per heavy atom. The van der Waals surface area contributed by atoms with Crippen molar-refractivity contribution in [2.45, 2.75) is 25.8 Å². The molecule has 0 unspecified atom stereocenters. The third kappa shape index (κ3) is 5.07. The van der Waals surface area contributed by atoms with Gasteiger partial charge >= 0.3 is 0 Å². The number of aromatic nitrogens is 4. The van der Waals surface area contributed by atoms with Crippen molar-refractivity contribution in [3.63, 3.8) is 0 Å². The number of rotatable bonds is 7. The second-order valence-electron chi connectivity index (χ2n) is 5.85. The summed E-state index contributed by atoms with van der Waals surface area (Å²) in [4.78, 5) is 20.7. The van der Waals surface area contributed by atoms with Crippen molar-refractivity contribution in [1.82, 2.24) is 19.7 Å². The summed E-state index contributed by atoms with van der Waals surface area (Å²) in [6, 6.07) is 11.1. The first kappa shape index (κ1) is 18.9. The first-order valence-electron chi connectivity index (χ1n) is 8.56. The predicted octanol–water partition coefficient (Wildman–Crippen LogP) is 3.41.